The van der Waals surface area contributed by atoms with Crippen LogP contribution in [0.3, 0.4) is 0 Å². The van der Waals surface area contributed by atoms with E-state index in [2.05, 4.69) is 35.4 Å². The number of H-pyrrole nitrogens is 1. The van der Waals surface area contributed by atoms with E-state index in [9.17, 15) is 4.79 Å². The van der Waals surface area contributed by atoms with Gasteiger partial charge in [-0.1, -0.05) is 42.8 Å². The first-order chi connectivity index (χ1) is 12.6. The highest BCUT2D eigenvalue weighted by atomic mass is 35.5. The lowest BCUT2D eigenvalue weighted by Gasteiger charge is -2.35. The molecule has 1 aliphatic rings. The number of aryl methyl sites for hydroxylation is 1. The minimum Gasteiger partial charge on any atom is -0.356 e. The van der Waals surface area contributed by atoms with Gasteiger partial charge >= 0.3 is 6.03 Å². The van der Waals surface area contributed by atoms with Gasteiger partial charge < -0.3 is 15.2 Å². The van der Waals surface area contributed by atoms with Gasteiger partial charge in [0.25, 0.3) is 0 Å². The number of anilines is 1. The van der Waals surface area contributed by atoms with Crippen LogP contribution >= 0.6 is 11.6 Å². The van der Waals surface area contributed by atoms with Crippen LogP contribution in [0.1, 0.15) is 36.2 Å². The van der Waals surface area contributed by atoms with E-state index < -0.39 is 0 Å². The Kier molecular flexibility index (Phi) is 4.37. The predicted octanol–water partition coefficient (Wildman–Crippen LogP) is 5.67. The van der Waals surface area contributed by atoms with E-state index in [-0.39, 0.29) is 12.1 Å². The highest BCUT2D eigenvalue weighted by Gasteiger charge is 2.32. The molecule has 4 rings (SSSR count). The van der Waals surface area contributed by atoms with Crippen LogP contribution in [0, 0.1) is 6.92 Å². The highest BCUT2D eigenvalue weighted by Crippen LogP contribution is 2.36. The molecule has 0 aliphatic carbocycles. The smallest absolute Gasteiger partial charge is 0.322 e. The minimum atomic E-state index is -0.0823. The lowest BCUT2D eigenvalue weighted by molar-refractivity contribution is 0.179. The maximum absolute atomic E-state index is 12.9. The quantitative estimate of drug-likeness (QED) is 0.602. The monoisotopic (exact) mass is 367 g/mol. The standard InChI is InChI=1S/C21H22ClN3O/c1-3-19-20-16(15-6-4-5-7-18(15)24-20)10-11-25(19)21(26)23-14-9-8-13(2)17(22)12-14/h4-9,12,19,24H,3,10-11H2,1-2H3,(H,23,26). The maximum atomic E-state index is 12.9. The molecule has 1 aliphatic heterocycles. The van der Waals surface area contributed by atoms with Crippen LogP contribution in [-0.2, 0) is 6.42 Å². The van der Waals surface area contributed by atoms with Crippen molar-refractivity contribution in [2.45, 2.75) is 32.7 Å². The third-order valence-electron chi connectivity index (χ3n) is 5.23. The van der Waals surface area contributed by atoms with Crippen LogP contribution in [0.5, 0.6) is 0 Å². The summed E-state index contributed by atoms with van der Waals surface area (Å²) in [5.74, 6) is 0. The van der Waals surface area contributed by atoms with Crippen molar-refractivity contribution >= 4 is 34.2 Å². The van der Waals surface area contributed by atoms with Gasteiger partial charge in [0.05, 0.1) is 6.04 Å². The van der Waals surface area contributed by atoms with E-state index in [4.69, 9.17) is 11.6 Å². The van der Waals surface area contributed by atoms with E-state index in [0.29, 0.717) is 11.6 Å². The van der Waals surface area contributed by atoms with E-state index in [1.165, 1.54) is 10.9 Å². The summed E-state index contributed by atoms with van der Waals surface area (Å²) in [6.07, 6.45) is 1.72. The number of para-hydroxylation sites is 1. The number of aromatic amines is 1. The molecule has 2 heterocycles. The Morgan fingerprint density at radius 2 is 2.12 bits per heavy atom. The Hall–Kier alpha value is -2.46. The van der Waals surface area contributed by atoms with Gasteiger partial charge in [0.1, 0.15) is 0 Å². The molecule has 26 heavy (non-hydrogen) atoms. The summed E-state index contributed by atoms with van der Waals surface area (Å²) in [5, 5.41) is 4.93. The van der Waals surface area contributed by atoms with Gasteiger partial charge in [-0.3, -0.25) is 0 Å². The lowest BCUT2D eigenvalue weighted by atomic mass is 9.96. The summed E-state index contributed by atoms with van der Waals surface area (Å²) < 4.78 is 0. The zero-order valence-electron chi connectivity index (χ0n) is 15.0. The molecule has 4 nitrogen and oxygen atoms in total. The molecule has 0 bridgehead atoms. The van der Waals surface area contributed by atoms with Crippen LogP contribution in [0.2, 0.25) is 5.02 Å². The van der Waals surface area contributed by atoms with Crippen molar-refractivity contribution in [2.75, 3.05) is 11.9 Å². The molecule has 2 N–H and O–H groups in total. The second kappa shape index (κ2) is 6.69. The Bertz CT molecular complexity index is 979. The first-order valence-electron chi connectivity index (χ1n) is 9.01. The van der Waals surface area contributed by atoms with Crippen molar-refractivity contribution < 1.29 is 4.79 Å². The van der Waals surface area contributed by atoms with Crippen molar-refractivity contribution in [3.63, 3.8) is 0 Å². The Labute approximate surface area is 158 Å². The SMILES string of the molecule is CCC1c2[nH]c3ccccc3c2CCN1C(=O)Nc1ccc(C)c(Cl)c1. The molecular weight excluding hydrogens is 346 g/mol. The molecule has 0 radical (unpaired) electrons. The first kappa shape index (κ1) is 17.0. The van der Waals surface area contributed by atoms with Crippen molar-refractivity contribution in [3.05, 3.63) is 64.3 Å². The summed E-state index contributed by atoms with van der Waals surface area (Å²) >= 11 is 6.18. The number of amides is 2. The summed E-state index contributed by atoms with van der Waals surface area (Å²) in [5.41, 5.74) is 5.37. The second-order valence-electron chi connectivity index (χ2n) is 6.82. The number of halogens is 1. The van der Waals surface area contributed by atoms with Crippen LogP contribution in [-0.4, -0.2) is 22.5 Å². The van der Waals surface area contributed by atoms with Crippen LogP contribution in [0.25, 0.3) is 10.9 Å². The number of nitrogens with zero attached hydrogens (tertiary/aromatic N) is 1. The topological polar surface area (TPSA) is 48.1 Å². The zero-order valence-corrected chi connectivity index (χ0v) is 15.7. The summed E-state index contributed by atoms with van der Waals surface area (Å²) in [6.45, 7) is 4.77. The van der Waals surface area contributed by atoms with Gasteiger partial charge in [0.15, 0.2) is 0 Å². The van der Waals surface area contributed by atoms with Gasteiger partial charge in [0, 0.05) is 33.9 Å². The molecule has 2 aromatic carbocycles. The summed E-state index contributed by atoms with van der Waals surface area (Å²) in [6, 6.07) is 13.9. The summed E-state index contributed by atoms with van der Waals surface area (Å²) in [4.78, 5) is 18.4. The second-order valence-corrected chi connectivity index (χ2v) is 7.23. The van der Waals surface area contributed by atoms with Crippen LogP contribution < -0.4 is 5.32 Å². The predicted molar refractivity (Wildman–Crippen MR) is 107 cm³/mol. The fourth-order valence-corrected chi connectivity index (χ4v) is 4.03. The molecule has 134 valence electrons. The van der Waals surface area contributed by atoms with Crippen molar-refractivity contribution in [1.82, 2.24) is 9.88 Å². The van der Waals surface area contributed by atoms with Gasteiger partial charge in [-0.2, -0.15) is 0 Å². The van der Waals surface area contributed by atoms with E-state index >= 15 is 0 Å². The molecule has 0 saturated carbocycles. The third kappa shape index (κ3) is 2.84. The minimum absolute atomic E-state index is 0.0482. The lowest BCUT2D eigenvalue weighted by Crippen LogP contribution is -2.42. The van der Waals surface area contributed by atoms with Crippen molar-refractivity contribution in [2.24, 2.45) is 0 Å². The molecule has 2 amide bonds. The number of aromatic nitrogens is 1. The summed E-state index contributed by atoms with van der Waals surface area (Å²) in [7, 11) is 0. The number of nitrogens with one attached hydrogen (secondary N) is 2. The Morgan fingerprint density at radius 1 is 1.31 bits per heavy atom. The number of hydrogen-bond donors (Lipinski definition) is 2. The average Bonchev–Trinajstić information content (AvgIpc) is 3.02. The fraction of sp³-hybridized carbons (Fsp3) is 0.286. The largest absolute Gasteiger partial charge is 0.356 e. The fourth-order valence-electron chi connectivity index (χ4n) is 3.85. The van der Waals surface area contributed by atoms with E-state index in [1.807, 2.05) is 30.0 Å². The number of urea groups is 1. The number of carbonyl (C=O) groups excluding carboxylic acids is 1. The number of fused-ring (bicyclic) bond motifs is 3. The number of rotatable bonds is 2. The van der Waals surface area contributed by atoms with Gasteiger partial charge in [-0.25, -0.2) is 4.79 Å². The molecule has 0 saturated heterocycles. The number of hydrogen-bond acceptors (Lipinski definition) is 1. The zero-order chi connectivity index (χ0) is 18.3. The van der Waals surface area contributed by atoms with E-state index in [1.54, 1.807) is 6.07 Å². The number of benzene rings is 2. The molecule has 0 fully saturated rings. The Morgan fingerprint density at radius 3 is 2.88 bits per heavy atom. The van der Waals surface area contributed by atoms with Crippen molar-refractivity contribution in [1.29, 1.82) is 0 Å². The maximum Gasteiger partial charge on any atom is 0.322 e. The van der Waals surface area contributed by atoms with Gasteiger partial charge in [-0.05, 0) is 49.1 Å². The molecular formula is C21H22ClN3O. The van der Waals surface area contributed by atoms with Gasteiger partial charge in [0.2, 0.25) is 0 Å². The molecule has 5 heteroatoms. The highest BCUT2D eigenvalue weighted by molar-refractivity contribution is 6.31. The van der Waals surface area contributed by atoms with Crippen LogP contribution in [0.15, 0.2) is 42.5 Å². The first-order valence-corrected chi connectivity index (χ1v) is 9.39. The molecule has 1 atom stereocenters. The normalized spacial score (nSPS) is 16.6. The third-order valence-corrected chi connectivity index (χ3v) is 5.64. The van der Waals surface area contributed by atoms with E-state index in [0.717, 1.165) is 35.3 Å². The number of carbonyl (C=O) groups is 1. The average molecular weight is 368 g/mol. The van der Waals surface area contributed by atoms with Crippen molar-refractivity contribution in [3.8, 4) is 0 Å². The molecule has 1 unspecified atom stereocenters. The molecule has 0 spiro atoms. The van der Waals surface area contributed by atoms with Gasteiger partial charge in [-0.15, -0.1) is 0 Å². The molecule has 1 aromatic heterocycles. The molecule has 3 aromatic rings. The van der Waals surface area contributed by atoms with Crippen LogP contribution in [0.4, 0.5) is 10.5 Å². The Balaban J connectivity index is 1.62.